The molecule has 15 heteroatoms. The zero-order chi connectivity index (χ0) is 40.2. The van der Waals surface area contributed by atoms with Crippen LogP contribution in [0.4, 0.5) is 5.82 Å². The average Bonchev–Trinajstić information content (AvgIpc) is 3.74. The molecule has 4 rings (SSSR count). The van der Waals surface area contributed by atoms with Gasteiger partial charge in [0.1, 0.15) is 55.1 Å². The van der Waals surface area contributed by atoms with Crippen LogP contribution in [-0.2, 0) is 35.5 Å². The molecular weight excluding hydrogens is 737 g/mol. The number of nitrogens with zero attached hydrogens (tertiary/aromatic N) is 4. The topological polar surface area (TPSA) is 207 Å². The van der Waals surface area contributed by atoms with Gasteiger partial charge in [-0.2, -0.15) is 29.2 Å². The summed E-state index contributed by atoms with van der Waals surface area (Å²) in [6.45, 7) is 3.93. The van der Waals surface area contributed by atoms with Gasteiger partial charge in [-0.25, -0.2) is 9.50 Å². The number of unbranched alkanes of at least 4 members (excludes halogenated alkanes) is 15. The van der Waals surface area contributed by atoms with Gasteiger partial charge in [0.2, 0.25) is 0 Å². The maximum Gasteiger partial charge on any atom is 0.570 e. The predicted octanol–water partition coefficient (Wildman–Crippen LogP) is 7.08. The normalized spacial score (nSPS) is 20.5. The Kier molecular flexibility index (Phi) is 19.8. The average molecular weight is 803 g/mol. The molecule has 0 aliphatic carbocycles. The van der Waals surface area contributed by atoms with Crippen LogP contribution in [0.2, 0.25) is 0 Å². The molecule has 3 aromatic rings. The number of ether oxygens (including phenoxy) is 3. The molecular formula is C41H65N5O9P+. The molecule has 0 unspecified atom stereocenters. The van der Waals surface area contributed by atoms with Gasteiger partial charge in [0.15, 0.2) is 5.82 Å². The van der Waals surface area contributed by atoms with Gasteiger partial charge in [-0.05, 0) is 43.2 Å². The van der Waals surface area contributed by atoms with Crippen molar-refractivity contribution in [3.05, 3.63) is 59.5 Å². The zero-order valence-corrected chi connectivity index (χ0v) is 34.2. The molecule has 0 radical (unpaired) electrons. The monoisotopic (exact) mass is 802 g/mol. The first-order chi connectivity index (χ1) is 27.1. The number of benzene rings is 1. The highest BCUT2D eigenvalue weighted by Gasteiger charge is 2.55. The Labute approximate surface area is 333 Å². The van der Waals surface area contributed by atoms with Crippen molar-refractivity contribution >= 4 is 19.5 Å². The number of nitrogen functional groups attached to an aromatic ring is 1. The minimum absolute atomic E-state index is 0.144. The van der Waals surface area contributed by atoms with Crippen molar-refractivity contribution in [3.63, 3.8) is 0 Å². The van der Waals surface area contributed by atoms with Crippen molar-refractivity contribution in [2.75, 3.05) is 32.2 Å². The summed E-state index contributed by atoms with van der Waals surface area (Å²) in [6, 6.07) is 12.5. The van der Waals surface area contributed by atoms with E-state index in [0.717, 1.165) is 18.4 Å². The molecule has 1 saturated heterocycles. The van der Waals surface area contributed by atoms with Gasteiger partial charge in [0, 0.05) is 6.61 Å². The summed E-state index contributed by atoms with van der Waals surface area (Å²) in [4.78, 5) is 25.4. The number of hydrogen-bond acceptors (Lipinski definition) is 13. The van der Waals surface area contributed by atoms with Crippen molar-refractivity contribution in [3.8, 4) is 6.07 Å². The number of aliphatic hydroxyl groups is 2. The third-order valence-electron chi connectivity index (χ3n) is 10.5. The lowest BCUT2D eigenvalue weighted by Gasteiger charge is -2.27. The van der Waals surface area contributed by atoms with Crippen LogP contribution in [0.5, 0.6) is 0 Å². The van der Waals surface area contributed by atoms with Crippen molar-refractivity contribution in [1.82, 2.24) is 14.6 Å². The van der Waals surface area contributed by atoms with Gasteiger partial charge in [0.25, 0.3) is 0 Å². The molecule has 56 heavy (non-hydrogen) atoms. The summed E-state index contributed by atoms with van der Waals surface area (Å²) in [5.41, 5.74) is 6.72. The van der Waals surface area contributed by atoms with Gasteiger partial charge in [0.05, 0.1) is 30.5 Å². The Morgan fingerprint density at radius 3 is 2.20 bits per heavy atom. The Morgan fingerprint density at radius 2 is 1.55 bits per heavy atom. The second kappa shape index (κ2) is 24.2. The van der Waals surface area contributed by atoms with E-state index in [2.05, 4.69) is 23.1 Å². The highest BCUT2D eigenvalue weighted by Crippen LogP contribution is 2.53. The second-order valence-corrected chi connectivity index (χ2v) is 16.6. The Balaban J connectivity index is 1.16. The van der Waals surface area contributed by atoms with E-state index >= 15 is 0 Å². The van der Waals surface area contributed by atoms with Crippen LogP contribution >= 0.6 is 8.17 Å². The fraction of sp³-hybridized carbons (Fsp3) is 0.683. The van der Waals surface area contributed by atoms with Crippen LogP contribution in [-0.4, -0.2) is 85.4 Å². The number of rotatable bonds is 29. The van der Waals surface area contributed by atoms with Crippen molar-refractivity contribution in [2.45, 2.75) is 153 Å². The highest BCUT2D eigenvalue weighted by molar-refractivity contribution is 7.54. The number of fused-ring (bicyclic) bond motifs is 1. The molecule has 14 nitrogen and oxygen atoms in total. The number of aromatic nitrogens is 3. The lowest BCUT2D eigenvalue weighted by Crippen LogP contribution is -2.39. The second-order valence-electron chi connectivity index (χ2n) is 15.1. The maximum atomic E-state index is 11.0. The van der Waals surface area contributed by atoms with E-state index in [1.807, 2.05) is 6.07 Å². The summed E-state index contributed by atoms with van der Waals surface area (Å²) in [5, 5.41) is 35.4. The van der Waals surface area contributed by atoms with E-state index in [0.29, 0.717) is 23.4 Å². The van der Waals surface area contributed by atoms with Crippen LogP contribution in [0, 0.1) is 11.3 Å². The van der Waals surface area contributed by atoms with E-state index < -0.39 is 44.8 Å². The quantitative estimate of drug-likeness (QED) is 0.0352. The number of aliphatic hydroxyl groups excluding tert-OH is 2. The number of nitriles is 1. The summed E-state index contributed by atoms with van der Waals surface area (Å²) in [7, 11) is -4.42. The molecule has 0 bridgehead atoms. The Bertz CT molecular complexity index is 1610. The summed E-state index contributed by atoms with van der Waals surface area (Å²) >= 11 is 0. The SMILES string of the molecule is CCCCCCCCCCCCCCCCCCOC[C@H](CO[P+](O)(O)OC[C@H]1O[C@@](C)(c2ccc3c(N)ncnn23)[C@H](O)[C@@H]1O)OCc1cccc(C#N)c1. The number of anilines is 1. The Morgan fingerprint density at radius 1 is 0.911 bits per heavy atom. The molecule has 3 heterocycles. The standard InChI is InChI=1S/C41H65N5O9P/c1-3-4-5-6-7-8-9-10-11-12-13-14-15-16-17-18-24-51-28-34(52-27-33-21-19-20-32(25-33)26-42)29-53-56(49,50)54-30-36-38(47)39(48)41(2,55-36)37-23-22-35-40(43)44-31-45-46(35)37/h19-23,25,31,34,36,38-39,47-50H,3-18,24,27-30H2,1-2H3,(H2,43,44,45)/q+1/t34-,36-,38-,39-,41+/m1/s1. The van der Waals surface area contributed by atoms with Gasteiger partial charge in [-0.1, -0.05) is 115 Å². The van der Waals surface area contributed by atoms with Crippen LogP contribution in [0.25, 0.3) is 5.52 Å². The molecule has 312 valence electrons. The highest BCUT2D eigenvalue weighted by atomic mass is 31.2. The predicted molar refractivity (Wildman–Crippen MR) is 215 cm³/mol. The van der Waals surface area contributed by atoms with Crippen molar-refractivity contribution < 1.29 is 43.3 Å². The molecule has 0 amide bonds. The van der Waals surface area contributed by atoms with E-state index in [1.54, 1.807) is 37.3 Å². The van der Waals surface area contributed by atoms with Crippen molar-refractivity contribution in [2.24, 2.45) is 0 Å². The fourth-order valence-corrected chi connectivity index (χ4v) is 7.88. The fourth-order valence-electron chi connectivity index (χ4n) is 7.10. The Hall–Kier alpha value is -2.80. The first kappa shape index (κ1) is 45.9. The summed E-state index contributed by atoms with van der Waals surface area (Å²) in [6.07, 6.45) is 17.3. The third kappa shape index (κ3) is 14.5. The zero-order valence-electron chi connectivity index (χ0n) is 33.3. The summed E-state index contributed by atoms with van der Waals surface area (Å²) in [5.74, 6) is 0.235. The molecule has 1 aliphatic heterocycles. The van der Waals surface area contributed by atoms with Crippen LogP contribution < -0.4 is 5.73 Å². The minimum atomic E-state index is -4.42. The molecule has 1 aliphatic rings. The number of nitrogens with two attached hydrogens (primary N) is 1. The molecule has 0 saturated carbocycles. The largest absolute Gasteiger partial charge is 0.570 e. The number of hydrogen-bond donors (Lipinski definition) is 5. The minimum Gasteiger partial charge on any atom is -0.387 e. The maximum absolute atomic E-state index is 11.0. The molecule has 5 atom stereocenters. The smallest absolute Gasteiger partial charge is 0.387 e. The lowest BCUT2D eigenvalue weighted by molar-refractivity contribution is -0.0919. The van der Waals surface area contributed by atoms with E-state index in [1.165, 1.54) is 101 Å². The van der Waals surface area contributed by atoms with Gasteiger partial charge >= 0.3 is 8.17 Å². The summed E-state index contributed by atoms with van der Waals surface area (Å²) < 4.78 is 30.3. The van der Waals surface area contributed by atoms with E-state index in [9.17, 15) is 25.3 Å². The molecule has 6 N–H and O–H groups in total. The molecule has 0 spiro atoms. The van der Waals surface area contributed by atoms with Gasteiger partial charge < -0.3 is 30.2 Å². The molecule has 1 fully saturated rings. The van der Waals surface area contributed by atoms with E-state index in [-0.39, 0.29) is 25.6 Å². The van der Waals surface area contributed by atoms with Gasteiger partial charge in [-0.3, -0.25) is 0 Å². The van der Waals surface area contributed by atoms with Crippen LogP contribution in [0.3, 0.4) is 0 Å². The molecule has 2 aromatic heterocycles. The lowest BCUT2D eigenvalue weighted by atomic mass is 9.93. The van der Waals surface area contributed by atoms with Gasteiger partial charge in [-0.15, -0.1) is 0 Å². The van der Waals surface area contributed by atoms with Crippen molar-refractivity contribution in [1.29, 1.82) is 5.26 Å². The first-order valence-electron chi connectivity index (χ1n) is 20.5. The molecule has 1 aromatic carbocycles. The van der Waals surface area contributed by atoms with E-state index in [4.69, 9.17) is 29.0 Å². The third-order valence-corrected chi connectivity index (χ3v) is 11.4. The van der Waals surface area contributed by atoms with Crippen LogP contribution in [0.1, 0.15) is 133 Å². The first-order valence-corrected chi connectivity index (χ1v) is 22.1. The van der Waals surface area contributed by atoms with Crippen LogP contribution in [0.15, 0.2) is 42.7 Å².